The summed E-state index contributed by atoms with van der Waals surface area (Å²) in [5.41, 5.74) is 27.9. The van der Waals surface area contributed by atoms with E-state index in [2.05, 4.69) is 20.9 Å². The van der Waals surface area contributed by atoms with Crippen molar-refractivity contribution in [2.75, 3.05) is 13.1 Å². The molecule has 0 fully saturated rings. The van der Waals surface area contributed by atoms with Crippen LogP contribution in [0.25, 0.3) is 0 Å². The zero-order chi connectivity index (χ0) is 30.8. The molecule has 0 saturated heterocycles. The Hall–Kier alpha value is -4.24. The third kappa shape index (κ3) is 14.6. The van der Waals surface area contributed by atoms with Crippen LogP contribution in [0.15, 0.2) is 35.3 Å². The quantitative estimate of drug-likeness (QED) is 0.0447. The number of aliphatic carboxylic acids is 1. The van der Waals surface area contributed by atoms with E-state index in [1.54, 1.807) is 30.3 Å². The molecule has 1 rings (SSSR count). The topological polar surface area (TPSA) is 284 Å². The van der Waals surface area contributed by atoms with E-state index >= 15 is 0 Å². The number of unbranched alkanes of at least 4 members (excludes halogenated alkanes) is 1. The summed E-state index contributed by atoms with van der Waals surface area (Å²) < 4.78 is 0. The maximum absolute atomic E-state index is 13.4. The van der Waals surface area contributed by atoms with E-state index in [4.69, 9.17) is 28.7 Å². The Morgan fingerprint density at radius 3 is 1.95 bits per heavy atom. The largest absolute Gasteiger partial charge is 0.480 e. The number of primary amides is 1. The second kappa shape index (κ2) is 18.9. The molecule has 0 heterocycles. The lowest BCUT2D eigenvalue weighted by molar-refractivity contribution is -0.142. The minimum absolute atomic E-state index is 0.0245. The van der Waals surface area contributed by atoms with E-state index in [9.17, 15) is 29.1 Å². The maximum Gasteiger partial charge on any atom is 0.326 e. The summed E-state index contributed by atoms with van der Waals surface area (Å²) >= 11 is 0. The molecule has 0 aromatic heterocycles. The predicted octanol–water partition coefficient (Wildman–Crippen LogP) is -2.46. The van der Waals surface area contributed by atoms with Crippen molar-refractivity contribution in [2.45, 2.75) is 75.5 Å². The summed E-state index contributed by atoms with van der Waals surface area (Å²) in [6.07, 6.45) is 1.54. The fourth-order valence-electron chi connectivity index (χ4n) is 3.83. The van der Waals surface area contributed by atoms with Crippen molar-refractivity contribution in [3.63, 3.8) is 0 Å². The second-order valence-corrected chi connectivity index (χ2v) is 9.56. The molecule has 0 radical (unpaired) electrons. The van der Waals surface area contributed by atoms with Crippen LogP contribution in [-0.4, -0.2) is 77.9 Å². The Morgan fingerprint density at radius 2 is 1.37 bits per heavy atom. The number of carbonyl (C=O) groups is 5. The Morgan fingerprint density at radius 1 is 0.780 bits per heavy atom. The highest BCUT2D eigenvalue weighted by Crippen LogP contribution is 2.08. The molecule has 1 aromatic carbocycles. The first kappa shape index (κ1) is 34.8. The Balaban J connectivity index is 3.13. The number of hydrogen-bond donors (Lipinski definition) is 9. The lowest BCUT2D eigenvalue weighted by Crippen LogP contribution is -2.57. The summed E-state index contributed by atoms with van der Waals surface area (Å²) in [5.74, 6) is -4.07. The number of amides is 4. The summed E-state index contributed by atoms with van der Waals surface area (Å²) in [7, 11) is 0. The molecule has 4 atom stereocenters. The van der Waals surface area contributed by atoms with Gasteiger partial charge in [-0.15, -0.1) is 0 Å². The summed E-state index contributed by atoms with van der Waals surface area (Å²) in [5, 5.41) is 17.3. The van der Waals surface area contributed by atoms with Crippen molar-refractivity contribution < 1.29 is 29.1 Å². The second-order valence-electron chi connectivity index (χ2n) is 9.56. The average molecular weight is 578 g/mol. The standard InChI is InChI=1S/C26H43N9O6/c27-13-5-4-9-19(25(40)41)34-24(39)20(15-16-7-2-1-3-8-16)35-23(38)18(10-6-14-32-26(30)31)33-22(37)17(28)11-12-21(29)36/h1-3,7-8,17-20H,4-6,9-15,27-28H2,(H2,29,36)(H,33,37)(H,34,39)(H,35,38)(H,40,41)(H4,30,31,32). The number of carbonyl (C=O) groups excluding carboxylic acids is 4. The maximum atomic E-state index is 13.4. The number of benzene rings is 1. The van der Waals surface area contributed by atoms with Crippen LogP contribution in [0.1, 0.15) is 50.5 Å². The van der Waals surface area contributed by atoms with E-state index in [0.29, 0.717) is 31.4 Å². The van der Waals surface area contributed by atoms with E-state index in [-0.39, 0.29) is 44.6 Å². The van der Waals surface area contributed by atoms with Crippen molar-refractivity contribution in [3.8, 4) is 0 Å². The number of guanidine groups is 1. The number of nitrogens with zero attached hydrogens (tertiary/aromatic N) is 1. The first-order valence-electron chi connectivity index (χ1n) is 13.4. The highest BCUT2D eigenvalue weighted by Gasteiger charge is 2.30. The van der Waals surface area contributed by atoms with Gasteiger partial charge in [-0.1, -0.05) is 30.3 Å². The van der Waals surface area contributed by atoms with Crippen LogP contribution in [0.2, 0.25) is 0 Å². The number of carboxylic acid groups (broad SMARTS) is 1. The Bertz CT molecular complexity index is 1030. The molecule has 15 heteroatoms. The Kier molecular flexibility index (Phi) is 16.1. The van der Waals surface area contributed by atoms with Crippen LogP contribution in [0.3, 0.4) is 0 Å². The molecular formula is C26H43N9O6. The summed E-state index contributed by atoms with van der Waals surface area (Å²) in [6, 6.07) is 4.25. The molecule has 41 heavy (non-hydrogen) atoms. The SMILES string of the molecule is NCCCCC(NC(=O)C(Cc1ccccc1)NC(=O)C(CCCN=C(N)N)NC(=O)C(N)CCC(N)=O)C(=O)O. The monoisotopic (exact) mass is 577 g/mol. The first-order chi connectivity index (χ1) is 19.4. The Labute approximate surface area is 239 Å². The summed E-state index contributed by atoms with van der Waals surface area (Å²) in [4.78, 5) is 66.0. The predicted molar refractivity (Wildman–Crippen MR) is 153 cm³/mol. The molecule has 4 amide bonds. The van der Waals surface area contributed by atoms with Gasteiger partial charge in [0, 0.05) is 19.4 Å². The van der Waals surface area contributed by atoms with Gasteiger partial charge in [0.15, 0.2) is 5.96 Å². The number of carboxylic acids is 1. The molecule has 0 aliphatic heterocycles. The van der Waals surface area contributed by atoms with Gasteiger partial charge in [-0.3, -0.25) is 24.2 Å². The number of aliphatic imine (C=N–C) groups is 1. The minimum Gasteiger partial charge on any atom is -0.480 e. The fraction of sp³-hybridized carbons (Fsp3) is 0.538. The molecule has 1 aromatic rings. The van der Waals surface area contributed by atoms with Crippen molar-refractivity contribution in [1.82, 2.24) is 16.0 Å². The van der Waals surface area contributed by atoms with Crippen molar-refractivity contribution in [2.24, 2.45) is 33.7 Å². The highest BCUT2D eigenvalue weighted by molar-refractivity contribution is 5.94. The van der Waals surface area contributed by atoms with Gasteiger partial charge in [0.25, 0.3) is 0 Å². The first-order valence-corrected chi connectivity index (χ1v) is 13.4. The highest BCUT2D eigenvalue weighted by atomic mass is 16.4. The van der Waals surface area contributed by atoms with Crippen LogP contribution in [0.4, 0.5) is 0 Å². The molecule has 228 valence electrons. The number of hydrogen-bond acceptors (Lipinski definition) is 8. The van der Waals surface area contributed by atoms with E-state index in [1.807, 2.05) is 0 Å². The molecule has 0 bridgehead atoms. The van der Waals surface area contributed by atoms with Gasteiger partial charge in [-0.2, -0.15) is 0 Å². The third-order valence-electron chi connectivity index (χ3n) is 6.09. The fourth-order valence-corrected chi connectivity index (χ4v) is 3.83. The zero-order valence-corrected chi connectivity index (χ0v) is 23.1. The number of nitrogens with one attached hydrogen (secondary N) is 3. The number of nitrogens with two attached hydrogens (primary N) is 5. The molecule has 0 aliphatic rings. The minimum atomic E-state index is -1.21. The molecule has 4 unspecified atom stereocenters. The van der Waals surface area contributed by atoms with Gasteiger partial charge in [0.05, 0.1) is 6.04 Å². The van der Waals surface area contributed by atoms with Gasteiger partial charge in [-0.25, -0.2) is 4.79 Å². The molecule has 0 spiro atoms. The van der Waals surface area contributed by atoms with Gasteiger partial charge >= 0.3 is 5.97 Å². The van der Waals surface area contributed by atoms with Crippen LogP contribution >= 0.6 is 0 Å². The van der Waals surface area contributed by atoms with E-state index in [0.717, 1.165) is 0 Å². The van der Waals surface area contributed by atoms with Crippen molar-refractivity contribution in [1.29, 1.82) is 0 Å². The van der Waals surface area contributed by atoms with Gasteiger partial charge in [-0.05, 0) is 50.6 Å². The van der Waals surface area contributed by atoms with Crippen LogP contribution in [0, 0.1) is 0 Å². The molecule has 0 aliphatic carbocycles. The average Bonchev–Trinajstić information content (AvgIpc) is 2.92. The molecular weight excluding hydrogens is 534 g/mol. The van der Waals surface area contributed by atoms with Gasteiger partial charge < -0.3 is 49.7 Å². The molecule has 14 N–H and O–H groups in total. The lowest BCUT2D eigenvalue weighted by atomic mass is 10.0. The van der Waals surface area contributed by atoms with Crippen LogP contribution in [0.5, 0.6) is 0 Å². The molecule has 0 saturated carbocycles. The third-order valence-corrected chi connectivity index (χ3v) is 6.09. The zero-order valence-electron chi connectivity index (χ0n) is 23.1. The normalized spacial score (nSPS) is 13.6. The number of rotatable bonds is 20. The van der Waals surface area contributed by atoms with E-state index in [1.165, 1.54) is 0 Å². The van der Waals surface area contributed by atoms with E-state index < -0.39 is 53.8 Å². The van der Waals surface area contributed by atoms with Crippen molar-refractivity contribution >= 4 is 35.6 Å². The van der Waals surface area contributed by atoms with Crippen LogP contribution in [-0.2, 0) is 30.4 Å². The van der Waals surface area contributed by atoms with Gasteiger partial charge in [0.1, 0.15) is 18.1 Å². The van der Waals surface area contributed by atoms with Crippen LogP contribution < -0.4 is 44.6 Å². The smallest absolute Gasteiger partial charge is 0.326 e. The lowest BCUT2D eigenvalue weighted by Gasteiger charge is -2.25. The molecule has 15 nitrogen and oxygen atoms in total. The van der Waals surface area contributed by atoms with Gasteiger partial charge in [0.2, 0.25) is 23.6 Å². The van der Waals surface area contributed by atoms with Crippen molar-refractivity contribution in [3.05, 3.63) is 35.9 Å². The summed E-state index contributed by atoms with van der Waals surface area (Å²) in [6.45, 7) is 0.558.